The standard InChI is InChI=1S/C16H25N3O2/c1-3-19(12-8-9-12)11-10-18-15-13(16(20)21-4-2)6-5-7-14(15)17/h5-7,12,18H,3-4,8-11,17H2,1-2H3. The van der Waals surface area contributed by atoms with Gasteiger partial charge in [-0.15, -0.1) is 0 Å². The van der Waals surface area contributed by atoms with Gasteiger partial charge in [-0.05, 0) is 38.4 Å². The summed E-state index contributed by atoms with van der Waals surface area (Å²) < 4.78 is 5.08. The molecule has 0 radical (unpaired) electrons. The quantitative estimate of drug-likeness (QED) is 0.568. The van der Waals surface area contributed by atoms with E-state index in [2.05, 4.69) is 17.1 Å². The minimum Gasteiger partial charge on any atom is -0.462 e. The van der Waals surface area contributed by atoms with Crippen molar-refractivity contribution in [2.45, 2.75) is 32.7 Å². The van der Waals surface area contributed by atoms with Gasteiger partial charge in [0.05, 0.1) is 23.5 Å². The summed E-state index contributed by atoms with van der Waals surface area (Å²) in [5.74, 6) is -0.332. The molecule has 3 N–H and O–H groups in total. The first-order valence-electron chi connectivity index (χ1n) is 7.70. The van der Waals surface area contributed by atoms with Crippen LogP contribution in [0.1, 0.15) is 37.0 Å². The van der Waals surface area contributed by atoms with Gasteiger partial charge < -0.3 is 15.8 Å². The number of rotatable bonds is 8. The molecule has 1 aliphatic rings. The third-order valence-electron chi connectivity index (χ3n) is 3.76. The summed E-state index contributed by atoms with van der Waals surface area (Å²) in [5.41, 5.74) is 7.76. The van der Waals surface area contributed by atoms with Gasteiger partial charge in [-0.3, -0.25) is 4.90 Å². The lowest BCUT2D eigenvalue weighted by atomic mass is 10.1. The molecular formula is C16H25N3O2. The number of ether oxygens (including phenoxy) is 1. The highest BCUT2D eigenvalue weighted by atomic mass is 16.5. The highest BCUT2D eigenvalue weighted by Crippen LogP contribution is 2.27. The van der Waals surface area contributed by atoms with Crippen LogP contribution in [0.3, 0.4) is 0 Å². The molecule has 1 saturated carbocycles. The number of nitrogens with one attached hydrogen (secondary N) is 1. The van der Waals surface area contributed by atoms with Crippen LogP contribution in [0.25, 0.3) is 0 Å². The minimum atomic E-state index is -0.332. The van der Waals surface area contributed by atoms with Crippen molar-refractivity contribution in [3.8, 4) is 0 Å². The first-order valence-corrected chi connectivity index (χ1v) is 7.70. The number of nitrogens with zero attached hydrogens (tertiary/aromatic N) is 1. The van der Waals surface area contributed by atoms with Crippen LogP contribution in [0.2, 0.25) is 0 Å². The van der Waals surface area contributed by atoms with E-state index in [4.69, 9.17) is 10.5 Å². The van der Waals surface area contributed by atoms with Crippen molar-refractivity contribution >= 4 is 17.3 Å². The lowest BCUT2D eigenvalue weighted by molar-refractivity contribution is 0.0527. The summed E-state index contributed by atoms with van der Waals surface area (Å²) in [6.45, 7) is 7.12. The number of carbonyl (C=O) groups excluding carboxylic acids is 1. The average molecular weight is 291 g/mol. The molecule has 0 heterocycles. The predicted octanol–water partition coefficient (Wildman–Crippen LogP) is 2.34. The van der Waals surface area contributed by atoms with E-state index in [9.17, 15) is 4.79 Å². The topological polar surface area (TPSA) is 67.6 Å². The van der Waals surface area contributed by atoms with Crippen LogP contribution in [0.15, 0.2) is 18.2 Å². The molecule has 116 valence electrons. The Morgan fingerprint density at radius 1 is 1.43 bits per heavy atom. The fourth-order valence-electron chi connectivity index (χ4n) is 2.51. The van der Waals surface area contributed by atoms with Gasteiger partial charge in [0.25, 0.3) is 0 Å². The maximum atomic E-state index is 12.0. The molecule has 1 fully saturated rings. The first kappa shape index (κ1) is 15.6. The molecule has 2 rings (SSSR count). The summed E-state index contributed by atoms with van der Waals surface area (Å²) in [4.78, 5) is 14.4. The second kappa shape index (κ2) is 7.31. The van der Waals surface area contributed by atoms with Gasteiger partial charge in [0.2, 0.25) is 0 Å². The van der Waals surface area contributed by atoms with Crippen molar-refractivity contribution < 1.29 is 9.53 Å². The van der Waals surface area contributed by atoms with Crippen molar-refractivity contribution in [1.29, 1.82) is 0 Å². The summed E-state index contributed by atoms with van der Waals surface area (Å²) >= 11 is 0. The minimum absolute atomic E-state index is 0.332. The van der Waals surface area contributed by atoms with Crippen LogP contribution in [0.4, 0.5) is 11.4 Å². The number of esters is 1. The van der Waals surface area contributed by atoms with Crippen molar-refractivity contribution in [3.05, 3.63) is 23.8 Å². The summed E-state index contributed by atoms with van der Waals surface area (Å²) in [7, 11) is 0. The van der Waals surface area contributed by atoms with E-state index in [-0.39, 0.29) is 5.97 Å². The van der Waals surface area contributed by atoms with Crippen LogP contribution in [0.5, 0.6) is 0 Å². The van der Waals surface area contributed by atoms with Gasteiger partial charge in [-0.25, -0.2) is 4.79 Å². The smallest absolute Gasteiger partial charge is 0.340 e. The Labute approximate surface area is 126 Å². The van der Waals surface area contributed by atoms with Crippen LogP contribution in [-0.2, 0) is 4.74 Å². The van der Waals surface area contributed by atoms with Crippen LogP contribution in [0, 0.1) is 0 Å². The zero-order chi connectivity index (χ0) is 15.2. The Hall–Kier alpha value is -1.75. The molecule has 5 heteroatoms. The van der Waals surface area contributed by atoms with Gasteiger partial charge in [0, 0.05) is 19.1 Å². The van der Waals surface area contributed by atoms with E-state index in [1.807, 2.05) is 0 Å². The number of hydrogen-bond donors (Lipinski definition) is 2. The molecule has 0 aromatic heterocycles. The van der Waals surface area contributed by atoms with Crippen molar-refractivity contribution in [2.24, 2.45) is 0 Å². The molecule has 21 heavy (non-hydrogen) atoms. The van der Waals surface area contributed by atoms with Gasteiger partial charge in [0.15, 0.2) is 0 Å². The molecule has 1 aromatic carbocycles. The van der Waals surface area contributed by atoms with E-state index >= 15 is 0 Å². The third-order valence-corrected chi connectivity index (χ3v) is 3.76. The maximum absolute atomic E-state index is 12.0. The molecule has 0 unspecified atom stereocenters. The molecule has 1 aromatic rings. The molecule has 5 nitrogen and oxygen atoms in total. The van der Waals surface area contributed by atoms with Gasteiger partial charge in [-0.1, -0.05) is 13.0 Å². The van der Waals surface area contributed by atoms with Gasteiger partial charge in [-0.2, -0.15) is 0 Å². The highest BCUT2D eigenvalue weighted by Gasteiger charge is 2.27. The largest absolute Gasteiger partial charge is 0.462 e. The van der Waals surface area contributed by atoms with E-state index < -0.39 is 0 Å². The number of nitrogens with two attached hydrogens (primary N) is 1. The fraction of sp³-hybridized carbons (Fsp3) is 0.562. The second-order valence-corrected chi connectivity index (χ2v) is 5.28. The summed E-state index contributed by atoms with van der Waals surface area (Å²) in [5, 5.41) is 3.30. The highest BCUT2D eigenvalue weighted by molar-refractivity contribution is 5.98. The van der Waals surface area contributed by atoms with Crippen molar-refractivity contribution in [2.75, 3.05) is 37.3 Å². The molecule has 0 atom stereocenters. The zero-order valence-electron chi connectivity index (χ0n) is 12.9. The maximum Gasteiger partial charge on any atom is 0.340 e. The van der Waals surface area contributed by atoms with E-state index in [1.165, 1.54) is 12.8 Å². The van der Waals surface area contributed by atoms with E-state index in [0.717, 1.165) is 25.7 Å². The number of para-hydroxylation sites is 1. The van der Waals surface area contributed by atoms with E-state index in [0.29, 0.717) is 23.5 Å². The molecule has 0 amide bonds. The SMILES string of the molecule is CCOC(=O)c1cccc(N)c1NCCN(CC)C1CC1. The van der Waals surface area contributed by atoms with Crippen molar-refractivity contribution in [1.82, 2.24) is 4.90 Å². The normalized spacial score (nSPS) is 14.2. The Kier molecular flexibility index (Phi) is 5.44. The number of likely N-dealkylation sites (N-methyl/N-ethyl adjacent to an activating group) is 1. The number of hydrogen-bond acceptors (Lipinski definition) is 5. The van der Waals surface area contributed by atoms with E-state index in [1.54, 1.807) is 25.1 Å². The lowest BCUT2D eigenvalue weighted by Crippen LogP contribution is -2.31. The van der Waals surface area contributed by atoms with Crippen LogP contribution >= 0.6 is 0 Å². The third kappa shape index (κ3) is 4.11. The van der Waals surface area contributed by atoms with Gasteiger partial charge >= 0.3 is 5.97 Å². The summed E-state index contributed by atoms with van der Waals surface area (Å²) in [6, 6.07) is 6.06. The second-order valence-electron chi connectivity index (χ2n) is 5.28. The molecular weight excluding hydrogens is 266 g/mol. The molecule has 0 bridgehead atoms. The van der Waals surface area contributed by atoms with Crippen LogP contribution < -0.4 is 11.1 Å². The number of benzene rings is 1. The number of carbonyl (C=O) groups is 1. The monoisotopic (exact) mass is 291 g/mol. The number of nitrogen functional groups attached to an aromatic ring is 1. The molecule has 0 aliphatic heterocycles. The Morgan fingerprint density at radius 3 is 2.81 bits per heavy atom. The van der Waals surface area contributed by atoms with Crippen molar-refractivity contribution in [3.63, 3.8) is 0 Å². The zero-order valence-corrected chi connectivity index (χ0v) is 12.9. The Morgan fingerprint density at radius 2 is 2.19 bits per heavy atom. The fourth-order valence-corrected chi connectivity index (χ4v) is 2.51. The predicted molar refractivity (Wildman–Crippen MR) is 85.6 cm³/mol. The first-order chi connectivity index (χ1) is 10.2. The summed E-state index contributed by atoms with van der Waals surface area (Å²) in [6.07, 6.45) is 2.60. The Balaban J connectivity index is 1.99. The molecule has 0 spiro atoms. The number of anilines is 2. The lowest BCUT2D eigenvalue weighted by Gasteiger charge is -2.21. The van der Waals surface area contributed by atoms with Crippen LogP contribution in [-0.4, -0.2) is 43.2 Å². The molecule has 0 saturated heterocycles. The average Bonchev–Trinajstić information content (AvgIpc) is 3.29. The Bertz CT molecular complexity index is 486. The van der Waals surface area contributed by atoms with Gasteiger partial charge in [0.1, 0.15) is 0 Å². The molecule has 1 aliphatic carbocycles.